The van der Waals surface area contributed by atoms with Gasteiger partial charge in [0.2, 0.25) is 11.7 Å². The molecule has 0 aliphatic rings. The molecule has 0 atom stereocenters. The number of aliphatic hydroxyl groups is 1. The number of ether oxygens (including phenoxy) is 1. The van der Waals surface area contributed by atoms with Crippen molar-refractivity contribution < 1.29 is 27.9 Å². The topological polar surface area (TPSA) is 133 Å². The summed E-state index contributed by atoms with van der Waals surface area (Å²) in [6.45, 7) is 2.87. The summed E-state index contributed by atoms with van der Waals surface area (Å²) in [7, 11) is -0.459. The SMILES string of the molecule is Cc1nn(C)cc1C(=O)Oc1c(C(=O)c2ccc(S(C)(=O)=O)c(CCO)c2Cl)c(C)nn1C. The predicted octanol–water partition coefficient (Wildman–Crippen LogP) is 1.81. The van der Waals surface area contributed by atoms with Crippen LogP contribution >= 0.6 is 11.6 Å². The van der Waals surface area contributed by atoms with Gasteiger partial charge in [-0.15, -0.1) is 0 Å². The van der Waals surface area contributed by atoms with Crippen molar-refractivity contribution in [3.8, 4) is 5.88 Å². The summed E-state index contributed by atoms with van der Waals surface area (Å²) >= 11 is 6.44. The molecular weight excluding hydrogens is 472 g/mol. The van der Waals surface area contributed by atoms with Crippen molar-refractivity contribution >= 4 is 33.2 Å². The molecule has 1 N–H and O–H groups in total. The highest BCUT2D eigenvalue weighted by atomic mass is 35.5. The van der Waals surface area contributed by atoms with Crippen LogP contribution in [0.4, 0.5) is 0 Å². The Labute approximate surface area is 195 Å². The summed E-state index contributed by atoms with van der Waals surface area (Å²) < 4.78 is 32.5. The largest absolute Gasteiger partial charge is 0.403 e. The highest BCUT2D eigenvalue weighted by Gasteiger charge is 2.29. The number of rotatable bonds is 7. The zero-order valence-corrected chi connectivity index (χ0v) is 20.3. The van der Waals surface area contributed by atoms with Crippen LogP contribution in [0.25, 0.3) is 0 Å². The van der Waals surface area contributed by atoms with E-state index in [0.29, 0.717) is 11.4 Å². The minimum atomic E-state index is -3.65. The molecule has 2 aromatic heterocycles. The van der Waals surface area contributed by atoms with Gasteiger partial charge in [0.05, 0.1) is 21.3 Å². The Morgan fingerprint density at radius 2 is 1.79 bits per heavy atom. The van der Waals surface area contributed by atoms with Gasteiger partial charge in [-0.2, -0.15) is 10.2 Å². The Hall–Kier alpha value is -3.02. The molecule has 1 aromatic carbocycles. The molecule has 0 saturated carbocycles. The number of aromatic nitrogens is 4. The summed E-state index contributed by atoms with van der Waals surface area (Å²) in [6, 6.07) is 2.57. The van der Waals surface area contributed by atoms with E-state index in [-0.39, 0.29) is 51.1 Å². The Balaban J connectivity index is 2.10. The van der Waals surface area contributed by atoms with Crippen molar-refractivity contribution in [3.63, 3.8) is 0 Å². The lowest BCUT2D eigenvalue weighted by Crippen LogP contribution is -2.15. The first-order valence-electron chi connectivity index (χ1n) is 9.79. The van der Waals surface area contributed by atoms with E-state index in [2.05, 4.69) is 10.2 Å². The maximum Gasteiger partial charge on any atom is 0.348 e. The van der Waals surface area contributed by atoms with Crippen LogP contribution < -0.4 is 4.74 Å². The maximum absolute atomic E-state index is 13.5. The molecule has 0 fully saturated rings. The number of halogens is 1. The van der Waals surface area contributed by atoms with E-state index in [0.717, 1.165) is 6.26 Å². The first kappa shape index (κ1) is 24.6. The number of esters is 1. The van der Waals surface area contributed by atoms with E-state index >= 15 is 0 Å². The second kappa shape index (κ2) is 9.08. The van der Waals surface area contributed by atoms with Crippen molar-refractivity contribution in [1.29, 1.82) is 0 Å². The second-order valence-electron chi connectivity index (χ2n) is 7.56. The van der Waals surface area contributed by atoms with Crippen molar-refractivity contribution in [2.24, 2.45) is 14.1 Å². The Morgan fingerprint density at radius 1 is 1.12 bits per heavy atom. The fourth-order valence-electron chi connectivity index (χ4n) is 3.56. The van der Waals surface area contributed by atoms with Gasteiger partial charge in [-0.25, -0.2) is 17.9 Å². The highest BCUT2D eigenvalue weighted by molar-refractivity contribution is 7.90. The number of ketones is 1. The molecule has 0 unspecified atom stereocenters. The Kier molecular flexibility index (Phi) is 6.78. The van der Waals surface area contributed by atoms with Crippen molar-refractivity contribution in [2.45, 2.75) is 25.2 Å². The van der Waals surface area contributed by atoms with E-state index in [1.807, 2.05) is 0 Å². The van der Waals surface area contributed by atoms with Gasteiger partial charge < -0.3 is 9.84 Å². The molecular formula is C21H23ClN4O6S. The summed E-state index contributed by atoms with van der Waals surface area (Å²) in [5.74, 6) is -1.40. The first-order chi connectivity index (χ1) is 15.4. The van der Waals surface area contributed by atoms with Gasteiger partial charge >= 0.3 is 5.97 Å². The molecule has 0 bridgehead atoms. The quantitative estimate of drug-likeness (QED) is 0.388. The lowest BCUT2D eigenvalue weighted by atomic mass is 10.00. The summed E-state index contributed by atoms with van der Waals surface area (Å²) in [5.41, 5.74) is 1.13. The fraction of sp³-hybridized carbons (Fsp3) is 0.333. The number of hydrogen-bond acceptors (Lipinski definition) is 8. The van der Waals surface area contributed by atoms with Gasteiger partial charge in [0.15, 0.2) is 9.84 Å². The van der Waals surface area contributed by atoms with Crippen LogP contribution in [0.5, 0.6) is 5.88 Å². The third-order valence-electron chi connectivity index (χ3n) is 5.03. The van der Waals surface area contributed by atoms with Crippen LogP contribution in [0, 0.1) is 13.8 Å². The predicted molar refractivity (Wildman–Crippen MR) is 120 cm³/mol. The first-order valence-corrected chi connectivity index (χ1v) is 12.1. The molecule has 0 spiro atoms. The van der Waals surface area contributed by atoms with Crippen LogP contribution in [0.3, 0.4) is 0 Å². The van der Waals surface area contributed by atoms with Crippen LogP contribution in [0.1, 0.15) is 43.2 Å². The maximum atomic E-state index is 13.5. The van der Waals surface area contributed by atoms with Gasteiger partial charge in [0, 0.05) is 38.7 Å². The van der Waals surface area contributed by atoms with Gasteiger partial charge in [-0.1, -0.05) is 11.6 Å². The number of nitrogens with zero attached hydrogens (tertiary/aromatic N) is 4. The third kappa shape index (κ3) is 4.70. The normalized spacial score (nSPS) is 11.6. The van der Waals surface area contributed by atoms with Crippen molar-refractivity contribution in [2.75, 3.05) is 12.9 Å². The number of carbonyl (C=O) groups excluding carboxylic acids is 2. The monoisotopic (exact) mass is 494 g/mol. The van der Waals surface area contributed by atoms with Crippen LogP contribution in [0.15, 0.2) is 23.2 Å². The van der Waals surface area contributed by atoms with Crippen LogP contribution in [-0.4, -0.2) is 57.7 Å². The molecule has 0 aliphatic heterocycles. The average Bonchev–Trinajstić information content (AvgIpc) is 3.19. The third-order valence-corrected chi connectivity index (χ3v) is 6.64. The second-order valence-corrected chi connectivity index (χ2v) is 9.92. The molecule has 2 heterocycles. The zero-order chi connectivity index (χ0) is 24.7. The molecule has 3 rings (SSSR count). The number of sulfone groups is 1. The molecule has 176 valence electrons. The number of aryl methyl sites for hydroxylation is 4. The zero-order valence-electron chi connectivity index (χ0n) is 18.7. The summed E-state index contributed by atoms with van der Waals surface area (Å²) in [5, 5.41) is 17.6. The minimum Gasteiger partial charge on any atom is -0.403 e. The Morgan fingerprint density at radius 3 is 2.33 bits per heavy atom. The number of aliphatic hydroxyl groups excluding tert-OH is 1. The van der Waals surface area contributed by atoms with E-state index in [4.69, 9.17) is 16.3 Å². The average molecular weight is 495 g/mol. The summed E-state index contributed by atoms with van der Waals surface area (Å²) in [6.07, 6.45) is 2.46. The molecule has 10 nitrogen and oxygen atoms in total. The van der Waals surface area contributed by atoms with Crippen molar-refractivity contribution in [3.05, 3.63) is 57.0 Å². The molecule has 0 saturated heterocycles. The van der Waals surface area contributed by atoms with Gasteiger partial charge in [-0.05, 0) is 38.0 Å². The number of hydrogen-bond donors (Lipinski definition) is 1. The molecule has 33 heavy (non-hydrogen) atoms. The molecule has 0 aliphatic carbocycles. The smallest absolute Gasteiger partial charge is 0.348 e. The highest BCUT2D eigenvalue weighted by Crippen LogP contribution is 2.33. The van der Waals surface area contributed by atoms with E-state index in [1.165, 1.54) is 34.7 Å². The molecule has 0 amide bonds. The van der Waals surface area contributed by atoms with Crippen molar-refractivity contribution in [1.82, 2.24) is 19.6 Å². The lowest BCUT2D eigenvalue weighted by Gasteiger charge is -2.13. The van der Waals surface area contributed by atoms with Gasteiger partial charge in [-0.3, -0.25) is 9.48 Å². The fourth-order valence-corrected chi connectivity index (χ4v) is 4.93. The van der Waals surface area contributed by atoms with Crippen LogP contribution in [-0.2, 0) is 30.4 Å². The molecule has 3 aromatic rings. The summed E-state index contributed by atoms with van der Waals surface area (Å²) in [4.78, 5) is 26.1. The van der Waals surface area contributed by atoms with E-state index in [1.54, 1.807) is 20.9 Å². The van der Waals surface area contributed by atoms with E-state index < -0.39 is 21.6 Å². The molecule has 12 heteroatoms. The number of carbonyl (C=O) groups is 2. The van der Waals surface area contributed by atoms with Gasteiger partial charge in [0.1, 0.15) is 11.1 Å². The Bertz CT molecular complexity index is 1370. The number of benzene rings is 1. The van der Waals surface area contributed by atoms with E-state index in [9.17, 15) is 23.1 Å². The standard InChI is InChI=1S/C21H23ClN4O6S/c1-11-15(10-25(3)23-11)21(29)32-20-17(12(2)24-26(20)4)19(28)14-6-7-16(33(5,30)31)13(8-9-27)18(14)22/h6-7,10,27H,8-9H2,1-5H3. The lowest BCUT2D eigenvalue weighted by molar-refractivity contribution is 0.0717. The van der Waals surface area contributed by atoms with Crippen LogP contribution in [0.2, 0.25) is 5.02 Å². The minimum absolute atomic E-state index is 0.00141. The van der Waals surface area contributed by atoms with Gasteiger partial charge in [0.25, 0.3) is 0 Å². The molecule has 0 radical (unpaired) electrons.